The van der Waals surface area contributed by atoms with Crippen molar-refractivity contribution in [2.24, 2.45) is 0 Å². The molecule has 0 saturated carbocycles. The molecule has 5 heteroatoms. The average molecular weight is 532 g/mol. The van der Waals surface area contributed by atoms with Gasteiger partial charge in [0.25, 0.3) is 0 Å². The Morgan fingerprint density at radius 3 is 1.27 bits per heavy atom. The Labute approximate surface area is 221 Å². The van der Waals surface area contributed by atoms with Gasteiger partial charge in [0, 0.05) is 22.2 Å². The van der Waals surface area contributed by atoms with E-state index in [-0.39, 0.29) is 0 Å². The minimum atomic E-state index is 0.528. The number of ether oxygens (including phenoxy) is 1. The lowest BCUT2D eigenvalue weighted by Gasteiger charge is -2.15. The molecule has 0 heterocycles. The maximum absolute atomic E-state index is 6.71. The highest BCUT2D eigenvalue weighted by Crippen LogP contribution is 2.40. The van der Waals surface area contributed by atoms with Crippen LogP contribution in [0.3, 0.4) is 0 Å². The molecular weight excluding hydrogens is 494 g/mol. The van der Waals surface area contributed by atoms with Gasteiger partial charge >= 0.3 is 0 Å². The quantitative estimate of drug-likeness (QED) is 0.195. The van der Waals surface area contributed by atoms with E-state index in [1.165, 1.54) is 64.2 Å². The lowest BCUT2D eigenvalue weighted by atomic mass is 10.0. The Balaban J connectivity index is 2.05. The highest BCUT2D eigenvalue weighted by atomic mass is 35.5. The van der Waals surface area contributed by atoms with Gasteiger partial charge in [-0.25, -0.2) is 0 Å². The van der Waals surface area contributed by atoms with E-state index in [1.54, 1.807) is 12.1 Å². The van der Waals surface area contributed by atoms with E-state index >= 15 is 0 Å². The van der Waals surface area contributed by atoms with Gasteiger partial charge < -0.3 is 4.74 Å². The summed E-state index contributed by atoms with van der Waals surface area (Å²) in [5, 5.41) is 2.42. The molecule has 0 unspecified atom stereocenters. The third-order valence-corrected chi connectivity index (χ3v) is 7.27. The monoisotopic (exact) mass is 530 g/mol. The van der Waals surface area contributed by atoms with Crippen LogP contribution in [0, 0.1) is 0 Å². The van der Waals surface area contributed by atoms with E-state index in [2.05, 4.69) is 13.8 Å². The standard InChI is InChI=1S/C28H38Cl4O/c1-3-5-7-9-11-13-15-21-17-23(29)19-25(27(21)31)33-26-20-24(30)18-22(28(26)32)16-14-12-10-8-6-4-2/h17-20H,3-16H2,1-2H3. The summed E-state index contributed by atoms with van der Waals surface area (Å²) in [4.78, 5) is 0. The van der Waals surface area contributed by atoms with Gasteiger partial charge in [-0.3, -0.25) is 0 Å². The topological polar surface area (TPSA) is 9.23 Å². The van der Waals surface area contributed by atoms with Crippen molar-refractivity contribution in [1.29, 1.82) is 0 Å². The molecule has 0 spiro atoms. The normalized spacial score (nSPS) is 11.2. The van der Waals surface area contributed by atoms with Crippen molar-refractivity contribution in [2.75, 3.05) is 0 Å². The second-order valence-electron chi connectivity index (χ2n) is 8.89. The zero-order chi connectivity index (χ0) is 24.1. The van der Waals surface area contributed by atoms with Crippen molar-refractivity contribution in [2.45, 2.75) is 104 Å². The number of benzene rings is 2. The van der Waals surface area contributed by atoms with Crippen LogP contribution in [0.5, 0.6) is 11.5 Å². The fourth-order valence-corrected chi connectivity index (χ4v) is 5.00. The molecular formula is C28H38Cl4O. The minimum absolute atomic E-state index is 0.528. The van der Waals surface area contributed by atoms with Gasteiger partial charge in [0.05, 0.1) is 10.0 Å². The first-order chi connectivity index (χ1) is 16.0. The molecule has 0 saturated heterocycles. The predicted molar refractivity (Wildman–Crippen MR) is 147 cm³/mol. The molecule has 0 N–H and O–H groups in total. The van der Waals surface area contributed by atoms with E-state index in [1.807, 2.05) is 12.1 Å². The first-order valence-electron chi connectivity index (χ1n) is 12.6. The van der Waals surface area contributed by atoms with Crippen LogP contribution in [-0.2, 0) is 12.8 Å². The number of hydrogen-bond donors (Lipinski definition) is 0. The summed E-state index contributed by atoms with van der Waals surface area (Å²) >= 11 is 26.2. The summed E-state index contributed by atoms with van der Waals surface area (Å²) < 4.78 is 6.17. The van der Waals surface area contributed by atoms with Crippen molar-refractivity contribution < 1.29 is 4.74 Å². The van der Waals surface area contributed by atoms with Crippen LogP contribution in [0.25, 0.3) is 0 Å². The molecule has 0 aliphatic heterocycles. The maximum Gasteiger partial charge on any atom is 0.147 e. The molecule has 0 aromatic heterocycles. The van der Waals surface area contributed by atoms with Crippen LogP contribution in [-0.4, -0.2) is 0 Å². The Hall–Kier alpha value is -0.600. The molecule has 0 amide bonds. The van der Waals surface area contributed by atoms with Crippen molar-refractivity contribution in [3.8, 4) is 11.5 Å². The van der Waals surface area contributed by atoms with Crippen molar-refractivity contribution >= 4 is 46.4 Å². The first kappa shape index (κ1) is 28.6. The van der Waals surface area contributed by atoms with Crippen LogP contribution >= 0.6 is 46.4 Å². The molecule has 0 fully saturated rings. The van der Waals surface area contributed by atoms with E-state index in [0.29, 0.717) is 31.6 Å². The Kier molecular flexibility index (Phi) is 14.0. The zero-order valence-electron chi connectivity index (χ0n) is 20.1. The third kappa shape index (κ3) is 10.3. The molecule has 0 aliphatic carbocycles. The zero-order valence-corrected chi connectivity index (χ0v) is 23.2. The van der Waals surface area contributed by atoms with E-state index in [0.717, 1.165) is 36.8 Å². The number of rotatable bonds is 16. The highest BCUT2D eigenvalue weighted by molar-refractivity contribution is 6.36. The van der Waals surface area contributed by atoms with Crippen LogP contribution in [0.1, 0.15) is 102 Å². The largest absolute Gasteiger partial charge is 0.454 e. The highest BCUT2D eigenvalue weighted by Gasteiger charge is 2.15. The fraction of sp³-hybridized carbons (Fsp3) is 0.571. The van der Waals surface area contributed by atoms with Gasteiger partial charge in [-0.15, -0.1) is 0 Å². The number of halogens is 4. The first-order valence-corrected chi connectivity index (χ1v) is 14.1. The van der Waals surface area contributed by atoms with Gasteiger partial charge in [0.15, 0.2) is 0 Å². The van der Waals surface area contributed by atoms with Gasteiger partial charge in [-0.1, -0.05) is 124 Å². The summed E-state index contributed by atoms with van der Waals surface area (Å²) in [5.41, 5.74) is 2.03. The molecule has 0 radical (unpaired) electrons. The summed E-state index contributed by atoms with van der Waals surface area (Å²) in [6.45, 7) is 4.47. The summed E-state index contributed by atoms with van der Waals surface area (Å²) in [6, 6.07) is 7.37. The van der Waals surface area contributed by atoms with Gasteiger partial charge in [0.2, 0.25) is 0 Å². The lowest BCUT2D eigenvalue weighted by Crippen LogP contribution is -1.95. The molecule has 2 aromatic carbocycles. The molecule has 2 rings (SSSR count). The number of unbranched alkanes of at least 4 members (excludes halogenated alkanes) is 10. The molecule has 0 bridgehead atoms. The number of hydrogen-bond acceptors (Lipinski definition) is 1. The van der Waals surface area contributed by atoms with E-state index < -0.39 is 0 Å². The Bertz CT molecular complexity index is 781. The van der Waals surface area contributed by atoms with Gasteiger partial charge in [-0.05, 0) is 48.9 Å². The van der Waals surface area contributed by atoms with Gasteiger partial charge in [-0.2, -0.15) is 0 Å². The summed E-state index contributed by atoms with van der Waals surface area (Å²) in [6.07, 6.45) is 16.6. The third-order valence-electron chi connectivity index (χ3n) is 5.98. The molecule has 184 valence electrons. The second-order valence-corrected chi connectivity index (χ2v) is 10.5. The Morgan fingerprint density at radius 2 is 0.879 bits per heavy atom. The van der Waals surface area contributed by atoms with Crippen molar-refractivity contribution in [3.05, 3.63) is 55.5 Å². The lowest BCUT2D eigenvalue weighted by molar-refractivity contribution is 0.481. The van der Waals surface area contributed by atoms with Gasteiger partial charge in [0.1, 0.15) is 11.5 Å². The maximum atomic E-state index is 6.71. The number of aryl methyl sites for hydroxylation is 2. The summed E-state index contributed by atoms with van der Waals surface area (Å²) in [7, 11) is 0. The molecule has 0 aliphatic rings. The summed E-state index contributed by atoms with van der Waals surface area (Å²) in [5.74, 6) is 1.06. The van der Waals surface area contributed by atoms with E-state index in [9.17, 15) is 0 Å². The van der Waals surface area contributed by atoms with Crippen LogP contribution < -0.4 is 4.74 Å². The fourth-order valence-electron chi connectivity index (χ4n) is 4.06. The van der Waals surface area contributed by atoms with Crippen LogP contribution in [0.4, 0.5) is 0 Å². The molecule has 2 aromatic rings. The smallest absolute Gasteiger partial charge is 0.147 e. The van der Waals surface area contributed by atoms with Crippen LogP contribution in [0.2, 0.25) is 20.1 Å². The Morgan fingerprint density at radius 1 is 0.515 bits per heavy atom. The van der Waals surface area contributed by atoms with Crippen molar-refractivity contribution in [3.63, 3.8) is 0 Å². The SMILES string of the molecule is CCCCCCCCc1cc(Cl)cc(Oc2cc(Cl)cc(CCCCCCCC)c2Cl)c1Cl. The predicted octanol–water partition coefficient (Wildman–Crippen LogP) is 11.9. The van der Waals surface area contributed by atoms with Crippen molar-refractivity contribution in [1.82, 2.24) is 0 Å². The molecule has 1 nitrogen and oxygen atoms in total. The van der Waals surface area contributed by atoms with E-state index in [4.69, 9.17) is 51.1 Å². The minimum Gasteiger partial charge on any atom is -0.454 e. The molecule has 0 atom stereocenters. The molecule has 33 heavy (non-hydrogen) atoms. The van der Waals surface area contributed by atoms with Crippen LogP contribution in [0.15, 0.2) is 24.3 Å². The second kappa shape index (κ2) is 16.1. The average Bonchev–Trinajstić information content (AvgIpc) is 2.78.